The second kappa shape index (κ2) is 6.48. The van der Waals surface area contributed by atoms with Crippen molar-refractivity contribution in [2.75, 3.05) is 0 Å². The van der Waals surface area contributed by atoms with Crippen LogP contribution in [0, 0.1) is 6.92 Å². The van der Waals surface area contributed by atoms with Crippen molar-refractivity contribution in [2.24, 2.45) is 0 Å². The van der Waals surface area contributed by atoms with Crippen LogP contribution in [0.2, 0.25) is 0 Å². The number of carbonyl (C=O) groups is 2. The highest BCUT2D eigenvalue weighted by atomic mass is 16.2. The number of hydrogen-bond donors (Lipinski definition) is 2. The van der Waals surface area contributed by atoms with Crippen LogP contribution in [0.25, 0.3) is 11.0 Å². The standard InChI is InChI=1S/C22H22N4O2/c1-13-23-18-9-6-15(10-19(18)24-13)22(28)26-12-16-5-3-2-4-14(16)11-20(26)21(27)25-17-7-8-17/h2-6,9-10,17,20H,7-8,11-12H2,1H3,(H,23,24)(H,25,27)/t20-/m1/s1. The van der Waals surface area contributed by atoms with E-state index in [2.05, 4.69) is 15.3 Å². The Morgan fingerprint density at radius 2 is 1.93 bits per heavy atom. The summed E-state index contributed by atoms with van der Waals surface area (Å²) in [6, 6.07) is 13.3. The fraction of sp³-hybridized carbons (Fsp3) is 0.318. The maximum atomic E-state index is 13.4. The molecule has 28 heavy (non-hydrogen) atoms. The molecule has 0 unspecified atom stereocenters. The molecule has 2 amide bonds. The number of rotatable bonds is 3. The van der Waals surface area contributed by atoms with Crippen LogP contribution in [0.5, 0.6) is 0 Å². The summed E-state index contributed by atoms with van der Waals surface area (Å²) in [7, 11) is 0. The molecule has 2 aromatic carbocycles. The van der Waals surface area contributed by atoms with Gasteiger partial charge in [0.15, 0.2) is 0 Å². The van der Waals surface area contributed by atoms with Gasteiger partial charge in [0.25, 0.3) is 5.91 Å². The monoisotopic (exact) mass is 374 g/mol. The second-order valence-corrected chi connectivity index (χ2v) is 7.76. The van der Waals surface area contributed by atoms with Gasteiger partial charge in [-0.3, -0.25) is 9.59 Å². The maximum absolute atomic E-state index is 13.4. The molecule has 0 bridgehead atoms. The van der Waals surface area contributed by atoms with Crippen molar-refractivity contribution in [1.82, 2.24) is 20.2 Å². The van der Waals surface area contributed by atoms with Gasteiger partial charge in [-0.1, -0.05) is 24.3 Å². The predicted molar refractivity (Wildman–Crippen MR) is 106 cm³/mol. The minimum absolute atomic E-state index is 0.0520. The van der Waals surface area contributed by atoms with Crippen LogP contribution in [0.15, 0.2) is 42.5 Å². The van der Waals surface area contributed by atoms with E-state index in [1.807, 2.05) is 43.3 Å². The molecule has 2 heterocycles. The van der Waals surface area contributed by atoms with E-state index in [9.17, 15) is 9.59 Å². The number of aryl methyl sites for hydroxylation is 1. The van der Waals surface area contributed by atoms with Crippen molar-refractivity contribution in [2.45, 2.75) is 44.8 Å². The molecule has 1 saturated carbocycles. The zero-order valence-electron chi connectivity index (χ0n) is 15.7. The minimum Gasteiger partial charge on any atom is -0.352 e. The largest absolute Gasteiger partial charge is 0.352 e. The Bertz CT molecular complexity index is 1080. The molecule has 6 nitrogen and oxygen atoms in total. The normalized spacial score (nSPS) is 18.8. The van der Waals surface area contributed by atoms with Gasteiger partial charge in [0.2, 0.25) is 5.91 Å². The zero-order valence-corrected chi connectivity index (χ0v) is 15.7. The van der Waals surface area contributed by atoms with Gasteiger partial charge in [0.1, 0.15) is 11.9 Å². The lowest BCUT2D eigenvalue weighted by Crippen LogP contribution is -2.53. The van der Waals surface area contributed by atoms with E-state index in [1.165, 1.54) is 0 Å². The van der Waals surface area contributed by atoms with Crippen molar-refractivity contribution in [3.63, 3.8) is 0 Å². The molecule has 1 fully saturated rings. The number of aromatic amines is 1. The van der Waals surface area contributed by atoms with E-state index >= 15 is 0 Å². The van der Waals surface area contributed by atoms with Gasteiger partial charge >= 0.3 is 0 Å². The maximum Gasteiger partial charge on any atom is 0.254 e. The number of imidazole rings is 1. The van der Waals surface area contributed by atoms with E-state index in [4.69, 9.17) is 0 Å². The van der Waals surface area contributed by atoms with E-state index in [0.717, 1.165) is 40.8 Å². The van der Waals surface area contributed by atoms with Gasteiger partial charge in [0, 0.05) is 24.6 Å². The Balaban J connectivity index is 1.49. The molecule has 1 aromatic heterocycles. The van der Waals surface area contributed by atoms with Crippen LogP contribution < -0.4 is 5.32 Å². The summed E-state index contributed by atoms with van der Waals surface area (Å²) in [5.41, 5.74) is 4.48. The van der Waals surface area contributed by atoms with Gasteiger partial charge < -0.3 is 15.2 Å². The number of aromatic nitrogens is 2. The third kappa shape index (κ3) is 3.05. The average molecular weight is 374 g/mol. The van der Waals surface area contributed by atoms with Crippen molar-refractivity contribution in [3.8, 4) is 0 Å². The van der Waals surface area contributed by atoms with E-state index < -0.39 is 6.04 Å². The van der Waals surface area contributed by atoms with Gasteiger partial charge in [-0.15, -0.1) is 0 Å². The van der Waals surface area contributed by atoms with Crippen LogP contribution in [-0.4, -0.2) is 38.8 Å². The van der Waals surface area contributed by atoms with Crippen LogP contribution in [-0.2, 0) is 17.8 Å². The fourth-order valence-corrected chi connectivity index (χ4v) is 3.93. The number of nitrogens with zero attached hydrogens (tertiary/aromatic N) is 2. The third-order valence-electron chi connectivity index (χ3n) is 5.58. The van der Waals surface area contributed by atoms with Gasteiger partial charge in [-0.25, -0.2) is 4.98 Å². The van der Waals surface area contributed by atoms with E-state index in [1.54, 1.807) is 11.0 Å². The van der Waals surface area contributed by atoms with Gasteiger partial charge in [-0.05, 0) is 49.1 Å². The molecule has 1 aliphatic carbocycles. The summed E-state index contributed by atoms with van der Waals surface area (Å²) in [5.74, 6) is 0.636. The Kier molecular flexibility index (Phi) is 3.93. The van der Waals surface area contributed by atoms with Crippen molar-refractivity contribution < 1.29 is 9.59 Å². The minimum atomic E-state index is -0.484. The molecule has 0 saturated heterocycles. The number of hydrogen-bond acceptors (Lipinski definition) is 3. The lowest BCUT2D eigenvalue weighted by molar-refractivity contribution is -0.126. The summed E-state index contributed by atoms with van der Waals surface area (Å²) in [6.07, 6.45) is 2.60. The summed E-state index contributed by atoms with van der Waals surface area (Å²) in [6.45, 7) is 2.33. The second-order valence-electron chi connectivity index (χ2n) is 7.76. The Labute approximate surface area is 163 Å². The molecule has 2 N–H and O–H groups in total. The van der Waals surface area contributed by atoms with Crippen molar-refractivity contribution >= 4 is 22.8 Å². The first-order chi connectivity index (χ1) is 13.6. The highest BCUT2D eigenvalue weighted by Crippen LogP contribution is 2.27. The number of nitrogens with one attached hydrogen (secondary N) is 2. The summed E-state index contributed by atoms with van der Waals surface area (Å²) >= 11 is 0. The first-order valence-electron chi connectivity index (χ1n) is 9.73. The summed E-state index contributed by atoms with van der Waals surface area (Å²) in [5, 5.41) is 3.07. The van der Waals surface area contributed by atoms with Crippen LogP contribution >= 0.6 is 0 Å². The molecular formula is C22H22N4O2. The van der Waals surface area contributed by atoms with Gasteiger partial charge in [0.05, 0.1) is 11.0 Å². The quantitative estimate of drug-likeness (QED) is 0.740. The first-order valence-corrected chi connectivity index (χ1v) is 9.73. The topological polar surface area (TPSA) is 78.1 Å². The zero-order chi connectivity index (χ0) is 19.3. The smallest absolute Gasteiger partial charge is 0.254 e. The van der Waals surface area contributed by atoms with E-state index in [0.29, 0.717) is 18.5 Å². The van der Waals surface area contributed by atoms with E-state index in [-0.39, 0.29) is 17.9 Å². The molecule has 142 valence electrons. The number of amides is 2. The molecule has 2 aliphatic rings. The number of H-pyrrole nitrogens is 1. The lowest BCUT2D eigenvalue weighted by Gasteiger charge is -2.36. The molecule has 1 aliphatic heterocycles. The summed E-state index contributed by atoms with van der Waals surface area (Å²) in [4.78, 5) is 35.6. The van der Waals surface area contributed by atoms with Crippen LogP contribution in [0.1, 0.15) is 40.2 Å². The van der Waals surface area contributed by atoms with Crippen LogP contribution in [0.4, 0.5) is 0 Å². The molecule has 3 aromatic rings. The molecular weight excluding hydrogens is 352 g/mol. The van der Waals surface area contributed by atoms with Gasteiger partial charge in [-0.2, -0.15) is 0 Å². The Morgan fingerprint density at radius 3 is 2.71 bits per heavy atom. The van der Waals surface area contributed by atoms with Crippen molar-refractivity contribution in [1.29, 1.82) is 0 Å². The SMILES string of the molecule is Cc1nc2ccc(C(=O)N3Cc4ccccc4C[C@@H]3C(=O)NC3CC3)cc2[nH]1. The van der Waals surface area contributed by atoms with Crippen LogP contribution in [0.3, 0.4) is 0 Å². The fourth-order valence-electron chi connectivity index (χ4n) is 3.93. The lowest BCUT2D eigenvalue weighted by atomic mass is 9.92. The molecule has 6 heteroatoms. The van der Waals surface area contributed by atoms with Crippen molar-refractivity contribution in [3.05, 3.63) is 65.0 Å². The number of benzene rings is 2. The predicted octanol–water partition coefficient (Wildman–Crippen LogP) is 2.72. The Morgan fingerprint density at radius 1 is 1.14 bits per heavy atom. The third-order valence-corrected chi connectivity index (χ3v) is 5.58. The Hall–Kier alpha value is -3.15. The number of carbonyl (C=O) groups excluding carboxylic acids is 2. The molecule has 5 rings (SSSR count). The molecule has 0 spiro atoms. The molecule has 0 radical (unpaired) electrons. The summed E-state index contributed by atoms with van der Waals surface area (Å²) < 4.78 is 0. The highest BCUT2D eigenvalue weighted by molar-refractivity contribution is 6.00. The first kappa shape index (κ1) is 17.0. The molecule has 1 atom stereocenters. The highest BCUT2D eigenvalue weighted by Gasteiger charge is 2.37. The average Bonchev–Trinajstić information content (AvgIpc) is 3.43. The number of fused-ring (bicyclic) bond motifs is 2.